The molecule has 1 N–H and O–H groups in total. The molecule has 0 aromatic carbocycles. The number of rotatable bonds is 30. The number of aliphatic carboxylic acids is 1. The first-order chi connectivity index (χ1) is 18.5. The van der Waals surface area contributed by atoms with Gasteiger partial charge in [-0.15, -0.1) is 0 Å². The zero-order valence-electron chi connectivity index (χ0n) is 26.3. The molecule has 0 saturated carbocycles. The Kier molecular flexibility index (Phi) is 33.6. The van der Waals surface area contributed by atoms with E-state index in [9.17, 15) is 19.5 Å². The summed E-state index contributed by atoms with van der Waals surface area (Å²) in [4.78, 5) is 34.3. The van der Waals surface area contributed by atoms with Gasteiger partial charge in [-0.25, -0.2) is 0 Å². The van der Waals surface area contributed by atoms with Crippen LogP contribution in [-0.2, 0) is 14.4 Å². The molecule has 0 radical (unpaired) electrons. The Morgan fingerprint density at radius 1 is 0.513 bits per heavy atom. The second-order valence-electron chi connectivity index (χ2n) is 11.5. The van der Waals surface area contributed by atoms with Crippen molar-refractivity contribution in [3.05, 3.63) is 0 Å². The molecule has 0 aromatic rings. The molecule has 0 saturated heterocycles. The van der Waals surface area contributed by atoms with Crippen molar-refractivity contribution in [1.29, 1.82) is 0 Å². The maximum Gasteiger partial charge on any atom is 1.00 e. The first-order valence-electron chi connectivity index (χ1n) is 16.5. The summed E-state index contributed by atoms with van der Waals surface area (Å²) in [6.07, 6.45) is 32.2. The molecule has 0 aromatic heterocycles. The number of carbonyl (C=O) groups is 3. The molecule has 0 fully saturated rings. The van der Waals surface area contributed by atoms with Crippen molar-refractivity contribution in [2.75, 3.05) is 0 Å². The van der Waals surface area contributed by atoms with Gasteiger partial charge in [0.15, 0.2) is 0 Å². The molecule has 6 heteroatoms. The molecule has 5 nitrogen and oxygen atoms in total. The minimum absolute atomic E-state index is 0. The maximum atomic E-state index is 12.1. The second kappa shape index (κ2) is 32.1. The van der Waals surface area contributed by atoms with Crippen LogP contribution in [0.3, 0.4) is 0 Å². The number of carboxylic acids is 1. The van der Waals surface area contributed by atoms with Gasteiger partial charge in [0.2, 0.25) is 5.91 Å². The molecule has 1 atom stereocenters. The number of amides is 1. The second-order valence-corrected chi connectivity index (χ2v) is 11.5. The SMILES string of the molecule is CCCCCCCCCCCCCCCCCC(=O)CCCCCCCCCCCC(=O)N[C@@H](C)C(=O)[O-].[Na+]. The van der Waals surface area contributed by atoms with Gasteiger partial charge in [0.1, 0.15) is 5.78 Å². The van der Waals surface area contributed by atoms with Gasteiger partial charge in [-0.3, -0.25) is 9.59 Å². The molecule has 0 unspecified atom stereocenters. The van der Waals surface area contributed by atoms with E-state index in [1.807, 2.05) is 0 Å². The topological polar surface area (TPSA) is 86.3 Å². The van der Waals surface area contributed by atoms with E-state index in [2.05, 4.69) is 12.2 Å². The van der Waals surface area contributed by atoms with Crippen LogP contribution >= 0.6 is 0 Å². The average molecular weight is 560 g/mol. The zero-order valence-corrected chi connectivity index (χ0v) is 28.3. The summed E-state index contributed by atoms with van der Waals surface area (Å²) in [5.74, 6) is -1.00. The molecule has 0 aliphatic rings. The summed E-state index contributed by atoms with van der Waals surface area (Å²) < 4.78 is 0. The fraction of sp³-hybridized carbons (Fsp3) is 0.909. The van der Waals surface area contributed by atoms with E-state index in [4.69, 9.17) is 0 Å². The van der Waals surface area contributed by atoms with Crippen LogP contribution in [0.4, 0.5) is 0 Å². The first-order valence-corrected chi connectivity index (χ1v) is 16.5. The Morgan fingerprint density at radius 3 is 1.10 bits per heavy atom. The van der Waals surface area contributed by atoms with Crippen molar-refractivity contribution >= 4 is 17.7 Å². The van der Waals surface area contributed by atoms with E-state index >= 15 is 0 Å². The van der Waals surface area contributed by atoms with E-state index in [1.54, 1.807) is 0 Å². The number of ketones is 1. The third-order valence-electron chi connectivity index (χ3n) is 7.65. The van der Waals surface area contributed by atoms with Crippen molar-refractivity contribution in [3.8, 4) is 0 Å². The number of nitrogens with one attached hydrogen (secondary N) is 1. The summed E-state index contributed by atoms with van der Waals surface area (Å²) >= 11 is 0. The van der Waals surface area contributed by atoms with Gasteiger partial charge >= 0.3 is 29.6 Å². The van der Waals surface area contributed by atoms with Crippen molar-refractivity contribution in [2.45, 2.75) is 193 Å². The van der Waals surface area contributed by atoms with Gasteiger partial charge in [-0.2, -0.15) is 0 Å². The predicted octanol–water partition coefficient (Wildman–Crippen LogP) is 5.37. The molecule has 0 heterocycles. The van der Waals surface area contributed by atoms with E-state index in [-0.39, 0.29) is 35.5 Å². The van der Waals surface area contributed by atoms with Crippen LogP contribution in [0.1, 0.15) is 187 Å². The summed E-state index contributed by atoms with van der Waals surface area (Å²) in [5.41, 5.74) is 0. The van der Waals surface area contributed by atoms with Crippen LogP contribution in [-0.4, -0.2) is 23.7 Å². The first kappa shape index (κ1) is 40.7. The van der Waals surface area contributed by atoms with E-state index < -0.39 is 12.0 Å². The standard InChI is InChI=1S/C33H63NO4.Na/c1-3-4-5-6-7-8-9-10-11-12-13-15-18-21-24-27-31(35)28-25-22-19-16-14-17-20-23-26-29-32(36)34-30(2)33(37)38;/h30H,3-29H2,1-2H3,(H,34,36)(H,37,38);/q;+1/p-1/t30-;/m0./s1. The number of Topliss-reactive ketones (excluding diaryl/α,β-unsaturated/α-hetero) is 1. The fourth-order valence-electron chi connectivity index (χ4n) is 5.04. The van der Waals surface area contributed by atoms with Crippen LogP contribution in [0.25, 0.3) is 0 Å². The smallest absolute Gasteiger partial charge is 0.548 e. The zero-order chi connectivity index (χ0) is 28.1. The Balaban J connectivity index is 0. The molecule has 0 bridgehead atoms. The van der Waals surface area contributed by atoms with Crippen molar-refractivity contribution in [1.82, 2.24) is 5.32 Å². The van der Waals surface area contributed by atoms with Gasteiger partial charge in [-0.05, 0) is 26.2 Å². The van der Waals surface area contributed by atoms with Gasteiger partial charge in [0, 0.05) is 19.3 Å². The number of hydrogen-bond donors (Lipinski definition) is 1. The van der Waals surface area contributed by atoms with E-state index in [1.165, 1.54) is 122 Å². The van der Waals surface area contributed by atoms with E-state index in [0.29, 0.717) is 12.2 Å². The normalized spacial score (nSPS) is 11.6. The van der Waals surface area contributed by atoms with Gasteiger partial charge in [-0.1, -0.05) is 142 Å². The van der Waals surface area contributed by atoms with Crippen LogP contribution in [0.2, 0.25) is 0 Å². The molecule has 1 amide bonds. The molecule has 0 aliphatic carbocycles. The quantitative estimate of drug-likeness (QED) is 0.0947. The van der Waals surface area contributed by atoms with Crippen LogP contribution in [0, 0.1) is 0 Å². The van der Waals surface area contributed by atoms with Crippen molar-refractivity contribution in [3.63, 3.8) is 0 Å². The van der Waals surface area contributed by atoms with Crippen LogP contribution in [0.15, 0.2) is 0 Å². The summed E-state index contributed by atoms with van der Waals surface area (Å²) in [7, 11) is 0. The number of unbranched alkanes of at least 4 members (excludes halogenated alkanes) is 22. The largest absolute Gasteiger partial charge is 1.00 e. The van der Waals surface area contributed by atoms with Crippen molar-refractivity contribution in [2.24, 2.45) is 0 Å². The van der Waals surface area contributed by atoms with Gasteiger partial charge < -0.3 is 15.2 Å². The summed E-state index contributed by atoms with van der Waals surface area (Å²) in [6.45, 7) is 3.70. The minimum Gasteiger partial charge on any atom is -0.548 e. The molecule has 0 spiro atoms. The third-order valence-corrected chi connectivity index (χ3v) is 7.65. The monoisotopic (exact) mass is 559 g/mol. The molecular weight excluding hydrogens is 497 g/mol. The number of carbonyl (C=O) groups excluding carboxylic acids is 3. The molecule has 39 heavy (non-hydrogen) atoms. The maximum absolute atomic E-state index is 12.1. The average Bonchev–Trinajstić information content (AvgIpc) is 2.89. The fourth-order valence-corrected chi connectivity index (χ4v) is 5.04. The summed E-state index contributed by atoms with van der Waals surface area (Å²) in [6, 6.07) is -0.924. The summed E-state index contributed by atoms with van der Waals surface area (Å²) in [5, 5.41) is 13.0. The van der Waals surface area contributed by atoms with E-state index in [0.717, 1.165) is 51.4 Å². The van der Waals surface area contributed by atoms with Gasteiger partial charge in [0.05, 0.1) is 12.0 Å². The minimum atomic E-state index is -1.25. The Hall–Kier alpha value is -0.390. The Labute approximate surface area is 264 Å². The molecule has 0 aliphatic heterocycles. The number of hydrogen-bond acceptors (Lipinski definition) is 4. The Morgan fingerprint density at radius 2 is 0.795 bits per heavy atom. The van der Waals surface area contributed by atoms with Crippen molar-refractivity contribution < 1.29 is 49.0 Å². The number of carboxylic acid groups (broad SMARTS) is 1. The van der Waals surface area contributed by atoms with Crippen LogP contribution < -0.4 is 40.0 Å². The third kappa shape index (κ3) is 32.0. The Bertz CT molecular complexity index is 570. The molecule has 224 valence electrons. The molecular formula is C33H62NNaO4. The van der Waals surface area contributed by atoms with Crippen LogP contribution in [0.5, 0.6) is 0 Å². The molecule has 0 rings (SSSR count). The van der Waals surface area contributed by atoms with Gasteiger partial charge in [0.25, 0.3) is 0 Å². The predicted molar refractivity (Wildman–Crippen MR) is 158 cm³/mol.